The second-order valence-electron chi connectivity index (χ2n) is 6.76. The summed E-state index contributed by atoms with van der Waals surface area (Å²) in [6.07, 6.45) is 2.38. The number of halogens is 1. The lowest BCUT2D eigenvalue weighted by Crippen LogP contribution is -2.11. The van der Waals surface area contributed by atoms with Gasteiger partial charge in [-0.1, -0.05) is 12.1 Å². The molecule has 1 saturated carbocycles. The number of H-pyrrole nitrogens is 1. The van der Waals surface area contributed by atoms with Crippen molar-refractivity contribution in [1.29, 1.82) is 0 Å². The van der Waals surface area contributed by atoms with Gasteiger partial charge in [-0.2, -0.15) is 5.10 Å². The maximum atomic E-state index is 13.1. The van der Waals surface area contributed by atoms with Crippen LogP contribution in [0.25, 0.3) is 11.3 Å². The van der Waals surface area contributed by atoms with E-state index in [1.807, 2.05) is 13.0 Å². The number of anilines is 3. The molecule has 0 bridgehead atoms. The predicted octanol–water partition coefficient (Wildman–Crippen LogP) is 3.83. The summed E-state index contributed by atoms with van der Waals surface area (Å²) in [5.41, 5.74) is 16.4. The largest absolute Gasteiger partial charge is 0.395 e. The minimum absolute atomic E-state index is 0.110. The number of hydrogen-bond donors (Lipinski definition) is 4. The summed E-state index contributed by atoms with van der Waals surface area (Å²) in [4.78, 5) is 4.33. The molecule has 0 unspecified atom stereocenters. The van der Waals surface area contributed by atoms with Crippen molar-refractivity contribution in [3.05, 3.63) is 53.5 Å². The maximum Gasteiger partial charge on any atom is 0.152 e. The lowest BCUT2D eigenvalue weighted by atomic mass is 10.1. The van der Waals surface area contributed by atoms with E-state index in [0.717, 1.165) is 22.5 Å². The van der Waals surface area contributed by atoms with Gasteiger partial charge in [0.15, 0.2) is 5.82 Å². The van der Waals surface area contributed by atoms with Gasteiger partial charge < -0.3 is 16.8 Å². The lowest BCUT2D eigenvalue weighted by molar-refractivity contribution is 0.626. The molecule has 0 radical (unpaired) electrons. The molecule has 3 aromatic rings. The molecule has 1 aliphatic carbocycles. The van der Waals surface area contributed by atoms with Gasteiger partial charge in [-0.25, -0.2) is 9.37 Å². The van der Waals surface area contributed by atoms with Gasteiger partial charge in [0.1, 0.15) is 11.6 Å². The van der Waals surface area contributed by atoms with Crippen LogP contribution in [0.1, 0.15) is 43.0 Å². The number of nitrogen functional groups attached to an aromatic ring is 2. The van der Waals surface area contributed by atoms with E-state index in [-0.39, 0.29) is 11.9 Å². The highest BCUT2D eigenvalue weighted by Crippen LogP contribution is 2.41. The number of aromatic amines is 1. The van der Waals surface area contributed by atoms with Gasteiger partial charge in [0.2, 0.25) is 0 Å². The zero-order valence-corrected chi connectivity index (χ0v) is 14.5. The van der Waals surface area contributed by atoms with Gasteiger partial charge in [0.05, 0.1) is 17.4 Å². The quantitative estimate of drug-likeness (QED) is 0.558. The Labute approximate surface area is 150 Å². The van der Waals surface area contributed by atoms with Crippen molar-refractivity contribution < 1.29 is 4.39 Å². The summed E-state index contributed by atoms with van der Waals surface area (Å²) in [7, 11) is 0. The van der Waals surface area contributed by atoms with Gasteiger partial charge in [0, 0.05) is 17.2 Å². The highest BCUT2D eigenvalue weighted by Gasteiger charge is 2.26. The van der Waals surface area contributed by atoms with Crippen LogP contribution in [0.15, 0.2) is 36.4 Å². The van der Waals surface area contributed by atoms with E-state index < -0.39 is 0 Å². The standard InChI is InChI=1S/C19H21FN6/c1-10(11-4-6-13(20)7-5-11)23-19-18(22)14(8-17(21)24-19)16-9-15(25-26-16)12-2-3-12/h4-10,12H,2-3,22H2,1H3,(H,25,26)(H3,21,23,24)/t10-/m1/s1. The average Bonchev–Trinajstić information content (AvgIpc) is 3.36. The van der Waals surface area contributed by atoms with Crippen LogP contribution in [0.5, 0.6) is 0 Å². The number of nitrogens with one attached hydrogen (secondary N) is 2. The summed E-state index contributed by atoms with van der Waals surface area (Å²) in [5, 5.41) is 10.7. The van der Waals surface area contributed by atoms with Crippen LogP contribution in [0, 0.1) is 5.82 Å². The third-order valence-electron chi connectivity index (χ3n) is 4.69. The highest BCUT2D eigenvalue weighted by molar-refractivity contribution is 5.84. The topological polar surface area (TPSA) is 106 Å². The van der Waals surface area contributed by atoms with E-state index >= 15 is 0 Å². The summed E-state index contributed by atoms with van der Waals surface area (Å²) < 4.78 is 13.1. The van der Waals surface area contributed by atoms with Crippen molar-refractivity contribution in [2.45, 2.75) is 31.7 Å². The van der Waals surface area contributed by atoms with E-state index in [0.29, 0.717) is 23.2 Å². The molecule has 1 fully saturated rings. The Morgan fingerprint density at radius 1 is 1.19 bits per heavy atom. The average molecular weight is 352 g/mol. The first-order valence-corrected chi connectivity index (χ1v) is 8.65. The molecular formula is C19H21FN6. The molecular weight excluding hydrogens is 331 g/mol. The summed E-state index contributed by atoms with van der Waals surface area (Å²) >= 11 is 0. The molecule has 0 saturated heterocycles. The Hall–Kier alpha value is -3.09. The van der Waals surface area contributed by atoms with Crippen LogP contribution in [0.3, 0.4) is 0 Å². The number of pyridine rings is 1. The van der Waals surface area contributed by atoms with Crippen molar-refractivity contribution in [2.24, 2.45) is 0 Å². The monoisotopic (exact) mass is 352 g/mol. The number of nitrogens with zero attached hydrogens (tertiary/aromatic N) is 2. The van der Waals surface area contributed by atoms with Crippen LogP contribution >= 0.6 is 0 Å². The minimum atomic E-state index is -0.269. The maximum absolute atomic E-state index is 13.1. The van der Waals surface area contributed by atoms with Crippen LogP contribution < -0.4 is 16.8 Å². The van der Waals surface area contributed by atoms with E-state index in [2.05, 4.69) is 20.5 Å². The van der Waals surface area contributed by atoms with Crippen molar-refractivity contribution in [3.8, 4) is 11.3 Å². The first-order valence-electron chi connectivity index (χ1n) is 8.65. The zero-order valence-electron chi connectivity index (χ0n) is 14.5. The molecule has 0 amide bonds. The van der Waals surface area contributed by atoms with Crippen LogP contribution in [0.4, 0.5) is 21.7 Å². The van der Waals surface area contributed by atoms with Gasteiger partial charge in [-0.05, 0) is 49.6 Å². The fourth-order valence-corrected chi connectivity index (χ4v) is 3.01. The molecule has 6 nitrogen and oxygen atoms in total. The molecule has 134 valence electrons. The Bertz CT molecular complexity index is 930. The lowest BCUT2D eigenvalue weighted by Gasteiger charge is -2.18. The number of hydrogen-bond acceptors (Lipinski definition) is 5. The predicted molar refractivity (Wildman–Crippen MR) is 101 cm³/mol. The molecule has 7 heteroatoms. The molecule has 1 atom stereocenters. The second-order valence-corrected chi connectivity index (χ2v) is 6.76. The molecule has 26 heavy (non-hydrogen) atoms. The Kier molecular flexibility index (Phi) is 3.99. The zero-order chi connectivity index (χ0) is 18.3. The van der Waals surface area contributed by atoms with E-state index in [4.69, 9.17) is 11.5 Å². The Balaban J connectivity index is 1.63. The van der Waals surface area contributed by atoms with Crippen LogP contribution in [-0.4, -0.2) is 15.2 Å². The van der Waals surface area contributed by atoms with Gasteiger partial charge in [-0.15, -0.1) is 0 Å². The Morgan fingerprint density at radius 2 is 1.92 bits per heavy atom. The summed E-state index contributed by atoms with van der Waals surface area (Å²) in [6.45, 7) is 1.96. The van der Waals surface area contributed by atoms with E-state index in [1.54, 1.807) is 18.2 Å². The van der Waals surface area contributed by atoms with Crippen molar-refractivity contribution in [3.63, 3.8) is 0 Å². The number of nitrogens with two attached hydrogens (primary N) is 2. The third-order valence-corrected chi connectivity index (χ3v) is 4.69. The van der Waals surface area contributed by atoms with Gasteiger partial charge in [-0.3, -0.25) is 5.10 Å². The van der Waals surface area contributed by atoms with Gasteiger partial charge >= 0.3 is 0 Å². The smallest absolute Gasteiger partial charge is 0.152 e. The first-order chi connectivity index (χ1) is 12.5. The molecule has 0 spiro atoms. The fourth-order valence-electron chi connectivity index (χ4n) is 3.01. The Morgan fingerprint density at radius 3 is 2.62 bits per heavy atom. The van der Waals surface area contributed by atoms with E-state index in [1.165, 1.54) is 25.0 Å². The molecule has 2 heterocycles. The molecule has 1 aliphatic rings. The minimum Gasteiger partial charge on any atom is -0.395 e. The second kappa shape index (κ2) is 6.33. The summed E-state index contributed by atoms with van der Waals surface area (Å²) in [6, 6.07) is 9.96. The van der Waals surface area contributed by atoms with E-state index in [9.17, 15) is 4.39 Å². The third kappa shape index (κ3) is 3.20. The molecule has 1 aromatic carbocycles. The highest BCUT2D eigenvalue weighted by atomic mass is 19.1. The fraction of sp³-hybridized carbons (Fsp3) is 0.263. The number of benzene rings is 1. The number of aromatic nitrogens is 3. The summed E-state index contributed by atoms with van der Waals surface area (Å²) in [5.74, 6) is 1.16. The normalized spacial score (nSPS) is 15.0. The van der Waals surface area contributed by atoms with Gasteiger partial charge in [0.25, 0.3) is 0 Å². The molecule has 6 N–H and O–H groups in total. The van der Waals surface area contributed by atoms with Crippen LogP contribution in [-0.2, 0) is 0 Å². The van der Waals surface area contributed by atoms with Crippen molar-refractivity contribution >= 4 is 17.3 Å². The number of rotatable bonds is 5. The SMILES string of the molecule is C[C@@H](Nc1nc(N)cc(-c2cc(C3CC3)[nH]n2)c1N)c1ccc(F)cc1. The molecule has 0 aliphatic heterocycles. The van der Waals surface area contributed by atoms with Crippen LogP contribution in [0.2, 0.25) is 0 Å². The first kappa shape index (κ1) is 16.4. The molecule has 4 rings (SSSR count). The van der Waals surface area contributed by atoms with Crippen molar-refractivity contribution in [2.75, 3.05) is 16.8 Å². The van der Waals surface area contributed by atoms with Crippen molar-refractivity contribution in [1.82, 2.24) is 15.2 Å². The molecule has 2 aromatic heterocycles.